The maximum absolute atomic E-state index is 13.3. The molecule has 3 heterocycles. The highest BCUT2D eigenvalue weighted by Gasteiger charge is 2.35. The number of likely N-dealkylation sites (N-methyl/N-ethyl adjacent to an activating group) is 1. The fourth-order valence-electron chi connectivity index (χ4n) is 4.77. The van der Waals surface area contributed by atoms with Crippen LogP contribution in [0.3, 0.4) is 0 Å². The normalized spacial score (nSPS) is 17.7. The van der Waals surface area contributed by atoms with E-state index >= 15 is 0 Å². The molecule has 33 heavy (non-hydrogen) atoms. The minimum atomic E-state index is -0.0171. The number of carbonyl (C=O) groups excluding carboxylic acids is 1. The molecule has 7 heteroatoms. The predicted octanol–water partition coefficient (Wildman–Crippen LogP) is 2.94. The van der Waals surface area contributed by atoms with E-state index in [4.69, 9.17) is 4.74 Å². The maximum Gasteiger partial charge on any atom is 0.259 e. The van der Waals surface area contributed by atoms with Crippen LogP contribution in [0.5, 0.6) is 5.75 Å². The monoisotopic (exact) mass is 443 g/mol. The van der Waals surface area contributed by atoms with Crippen LogP contribution < -0.4 is 4.74 Å². The van der Waals surface area contributed by atoms with Gasteiger partial charge in [0.25, 0.3) is 5.91 Å². The van der Waals surface area contributed by atoms with Crippen LogP contribution in [0.15, 0.2) is 61.2 Å². The summed E-state index contributed by atoms with van der Waals surface area (Å²) >= 11 is 0. The molecule has 0 radical (unpaired) electrons. The molecular weight excluding hydrogens is 414 g/mol. The predicted molar refractivity (Wildman–Crippen MR) is 127 cm³/mol. The average Bonchev–Trinajstić information content (AvgIpc) is 3.18. The number of benzene rings is 1. The van der Waals surface area contributed by atoms with Gasteiger partial charge in [-0.05, 0) is 48.5 Å². The second-order valence-corrected chi connectivity index (χ2v) is 8.80. The molecule has 0 bridgehead atoms. The van der Waals surface area contributed by atoms with Gasteiger partial charge in [0.05, 0.1) is 11.6 Å². The third-order valence-corrected chi connectivity index (χ3v) is 6.47. The summed E-state index contributed by atoms with van der Waals surface area (Å²) in [5, 5.41) is 0. The van der Waals surface area contributed by atoms with Gasteiger partial charge in [0.15, 0.2) is 0 Å². The van der Waals surface area contributed by atoms with Gasteiger partial charge in [-0.1, -0.05) is 24.3 Å². The molecule has 1 fully saturated rings. The van der Waals surface area contributed by atoms with Gasteiger partial charge >= 0.3 is 0 Å². The van der Waals surface area contributed by atoms with E-state index in [1.54, 1.807) is 18.5 Å². The summed E-state index contributed by atoms with van der Waals surface area (Å²) in [5.74, 6) is 0.584. The quantitative estimate of drug-likeness (QED) is 0.584. The van der Waals surface area contributed by atoms with Crippen LogP contribution in [0.4, 0.5) is 0 Å². The fourth-order valence-corrected chi connectivity index (χ4v) is 4.77. The van der Waals surface area contributed by atoms with Gasteiger partial charge in [-0.25, -0.2) is 0 Å². The summed E-state index contributed by atoms with van der Waals surface area (Å²) < 4.78 is 5.89. The zero-order valence-corrected chi connectivity index (χ0v) is 19.1. The largest absolute Gasteiger partial charge is 0.491 e. The molecule has 1 aliphatic carbocycles. The Bertz CT molecular complexity index is 1100. The van der Waals surface area contributed by atoms with E-state index in [1.807, 2.05) is 31.4 Å². The van der Waals surface area contributed by atoms with Crippen LogP contribution in [0, 0.1) is 0 Å². The SMILES string of the molecule is CN(C)CCOc1ccncc1C(=O)N1CCN(C2c3ccccc3-c3ccncc32)CC1. The van der Waals surface area contributed by atoms with Gasteiger partial charge in [0.2, 0.25) is 0 Å². The molecule has 1 saturated heterocycles. The minimum Gasteiger partial charge on any atom is -0.491 e. The molecule has 0 spiro atoms. The summed E-state index contributed by atoms with van der Waals surface area (Å²) in [7, 11) is 4.00. The number of hydrogen-bond donors (Lipinski definition) is 0. The van der Waals surface area contributed by atoms with Crippen molar-refractivity contribution in [1.29, 1.82) is 0 Å². The van der Waals surface area contributed by atoms with E-state index in [1.165, 1.54) is 22.3 Å². The lowest BCUT2D eigenvalue weighted by molar-refractivity contribution is 0.0595. The molecule has 1 aromatic carbocycles. The van der Waals surface area contributed by atoms with E-state index in [0.717, 1.165) is 19.6 Å². The molecular formula is C26H29N5O2. The van der Waals surface area contributed by atoms with Crippen molar-refractivity contribution in [1.82, 2.24) is 24.7 Å². The van der Waals surface area contributed by atoms with Gasteiger partial charge in [0.1, 0.15) is 12.4 Å². The number of rotatable bonds is 6. The molecule has 1 atom stereocenters. The van der Waals surface area contributed by atoms with Gasteiger partial charge in [-0.15, -0.1) is 0 Å². The van der Waals surface area contributed by atoms with E-state index in [9.17, 15) is 4.79 Å². The molecule has 1 aliphatic heterocycles. The van der Waals surface area contributed by atoms with Crippen molar-refractivity contribution in [3.05, 3.63) is 77.9 Å². The Morgan fingerprint density at radius 3 is 2.52 bits per heavy atom. The van der Waals surface area contributed by atoms with Crippen molar-refractivity contribution >= 4 is 5.91 Å². The molecule has 3 aromatic rings. The first-order valence-electron chi connectivity index (χ1n) is 11.4. The summed E-state index contributed by atoms with van der Waals surface area (Å²) in [6.45, 7) is 4.25. The Hall–Kier alpha value is -3.29. The molecule has 1 unspecified atom stereocenters. The number of hydrogen-bond acceptors (Lipinski definition) is 6. The lowest BCUT2D eigenvalue weighted by Gasteiger charge is -2.38. The van der Waals surface area contributed by atoms with Crippen LogP contribution in [-0.2, 0) is 0 Å². The summed E-state index contributed by atoms with van der Waals surface area (Å²) in [4.78, 5) is 28.3. The Kier molecular flexibility index (Phi) is 6.07. The summed E-state index contributed by atoms with van der Waals surface area (Å²) in [6.07, 6.45) is 7.14. The van der Waals surface area contributed by atoms with Crippen LogP contribution in [0.1, 0.15) is 27.5 Å². The number of amides is 1. The van der Waals surface area contributed by atoms with Crippen molar-refractivity contribution in [3.63, 3.8) is 0 Å². The average molecular weight is 444 g/mol. The van der Waals surface area contributed by atoms with Crippen molar-refractivity contribution in [2.24, 2.45) is 0 Å². The highest BCUT2D eigenvalue weighted by Crippen LogP contribution is 2.46. The smallest absolute Gasteiger partial charge is 0.259 e. The summed E-state index contributed by atoms with van der Waals surface area (Å²) in [6, 6.07) is 12.7. The van der Waals surface area contributed by atoms with Crippen LogP contribution >= 0.6 is 0 Å². The lowest BCUT2D eigenvalue weighted by atomic mass is 10.0. The topological polar surface area (TPSA) is 61.8 Å². The molecule has 1 amide bonds. The number of fused-ring (bicyclic) bond motifs is 3. The number of pyridine rings is 2. The number of piperazine rings is 1. The number of nitrogens with zero attached hydrogens (tertiary/aromatic N) is 5. The molecule has 0 saturated carbocycles. The van der Waals surface area contributed by atoms with Crippen molar-refractivity contribution in [3.8, 4) is 16.9 Å². The Labute approximate surface area is 194 Å². The molecule has 170 valence electrons. The fraction of sp³-hybridized carbons (Fsp3) is 0.346. The van der Waals surface area contributed by atoms with Gasteiger partial charge in [0, 0.05) is 57.5 Å². The molecule has 2 aliphatic rings. The highest BCUT2D eigenvalue weighted by molar-refractivity contribution is 5.96. The Morgan fingerprint density at radius 1 is 0.970 bits per heavy atom. The van der Waals surface area contributed by atoms with Crippen molar-refractivity contribution < 1.29 is 9.53 Å². The minimum absolute atomic E-state index is 0.0171. The van der Waals surface area contributed by atoms with Gasteiger partial charge in [-0.2, -0.15) is 0 Å². The molecule has 5 rings (SSSR count). The first-order chi connectivity index (χ1) is 16.1. The van der Waals surface area contributed by atoms with Gasteiger partial charge < -0.3 is 14.5 Å². The van der Waals surface area contributed by atoms with Gasteiger partial charge in [-0.3, -0.25) is 19.7 Å². The molecule has 2 aromatic heterocycles. The van der Waals surface area contributed by atoms with E-state index in [-0.39, 0.29) is 11.9 Å². The first kappa shape index (κ1) is 21.6. The van der Waals surface area contributed by atoms with E-state index in [2.05, 4.69) is 50.1 Å². The second kappa shape index (κ2) is 9.29. The molecule has 0 N–H and O–H groups in total. The highest BCUT2D eigenvalue weighted by atomic mass is 16.5. The van der Waals surface area contributed by atoms with E-state index in [0.29, 0.717) is 31.0 Å². The zero-order valence-electron chi connectivity index (χ0n) is 19.1. The second-order valence-electron chi connectivity index (χ2n) is 8.80. The first-order valence-corrected chi connectivity index (χ1v) is 11.4. The van der Waals surface area contributed by atoms with E-state index < -0.39 is 0 Å². The summed E-state index contributed by atoms with van der Waals surface area (Å²) in [5.41, 5.74) is 5.66. The zero-order chi connectivity index (χ0) is 22.8. The van der Waals surface area contributed by atoms with Crippen molar-refractivity contribution in [2.45, 2.75) is 6.04 Å². The number of carbonyl (C=O) groups is 1. The maximum atomic E-state index is 13.3. The standard InChI is InChI=1S/C26H29N5O2/c1-29(2)15-16-33-24-8-10-28-18-23(24)26(32)31-13-11-30(12-14-31)25-21-6-4-3-5-19(21)20-7-9-27-17-22(20)25/h3-10,17-18,25H,11-16H2,1-2H3. The Balaban J connectivity index is 1.29. The van der Waals surface area contributed by atoms with Crippen molar-refractivity contribution in [2.75, 3.05) is 53.4 Å². The lowest BCUT2D eigenvalue weighted by Crippen LogP contribution is -2.49. The van der Waals surface area contributed by atoms with Crippen LogP contribution in [0.25, 0.3) is 11.1 Å². The molecule has 7 nitrogen and oxygen atoms in total. The Morgan fingerprint density at radius 2 is 1.70 bits per heavy atom. The van der Waals surface area contributed by atoms with Crippen LogP contribution in [0.2, 0.25) is 0 Å². The number of aromatic nitrogens is 2. The van der Waals surface area contributed by atoms with Crippen LogP contribution in [-0.4, -0.2) is 84.0 Å². The third-order valence-electron chi connectivity index (χ3n) is 6.47. The third kappa shape index (κ3) is 4.21. The number of ether oxygens (including phenoxy) is 1.